The number of ether oxygens (including phenoxy) is 3. The van der Waals surface area contributed by atoms with E-state index in [0.29, 0.717) is 23.8 Å². The number of hydrogen-bond donors (Lipinski definition) is 1. The Hall–Kier alpha value is -2.69. The van der Waals surface area contributed by atoms with Gasteiger partial charge in [0.25, 0.3) is 0 Å². The van der Waals surface area contributed by atoms with E-state index in [-0.39, 0.29) is 12.3 Å². The number of carbonyl (C=O) groups excluding carboxylic acids is 1. The average Bonchev–Trinajstić information content (AvgIpc) is 2.66. The van der Waals surface area contributed by atoms with Crippen LogP contribution in [0.4, 0.5) is 0 Å². The van der Waals surface area contributed by atoms with Crippen molar-refractivity contribution < 1.29 is 19.0 Å². The lowest BCUT2D eigenvalue weighted by atomic mass is 10.0. The molecule has 0 unspecified atom stereocenters. The Morgan fingerprint density at radius 3 is 2.26 bits per heavy atom. The van der Waals surface area contributed by atoms with E-state index in [1.807, 2.05) is 6.07 Å². The highest BCUT2D eigenvalue weighted by molar-refractivity contribution is 5.80. The SMILES string of the molecule is COc1ccc(CC(=O)NCCCc2ccc(C)cc2C)c(OC)c1OC. The van der Waals surface area contributed by atoms with Gasteiger partial charge in [0, 0.05) is 12.1 Å². The molecule has 5 nitrogen and oxygen atoms in total. The van der Waals surface area contributed by atoms with Crippen LogP contribution in [0.5, 0.6) is 17.2 Å². The van der Waals surface area contributed by atoms with Crippen molar-refractivity contribution in [3.05, 3.63) is 52.6 Å². The summed E-state index contributed by atoms with van der Waals surface area (Å²) in [7, 11) is 4.68. The minimum absolute atomic E-state index is 0.0406. The molecule has 1 amide bonds. The van der Waals surface area contributed by atoms with Gasteiger partial charge in [-0.05, 0) is 43.9 Å². The number of methoxy groups -OCH3 is 3. The number of nitrogens with one attached hydrogen (secondary N) is 1. The van der Waals surface area contributed by atoms with Crippen LogP contribution in [0.3, 0.4) is 0 Å². The summed E-state index contributed by atoms with van der Waals surface area (Å²) in [5.74, 6) is 1.57. The molecular weight excluding hydrogens is 342 g/mol. The molecular formula is C22H29NO4. The Kier molecular flexibility index (Phi) is 7.53. The van der Waals surface area contributed by atoms with Crippen molar-refractivity contribution in [2.24, 2.45) is 0 Å². The quantitative estimate of drug-likeness (QED) is 0.684. The Morgan fingerprint density at radius 1 is 0.926 bits per heavy atom. The van der Waals surface area contributed by atoms with Gasteiger partial charge in [0.2, 0.25) is 11.7 Å². The van der Waals surface area contributed by atoms with Gasteiger partial charge in [-0.25, -0.2) is 0 Å². The number of benzene rings is 2. The normalized spacial score (nSPS) is 10.4. The molecule has 146 valence electrons. The maximum absolute atomic E-state index is 12.3. The molecule has 0 aliphatic carbocycles. The lowest BCUT2D eigenvalue weighted by Gasteiger charge is -2.15. The standard InChI is InChI=1S/C22H29NO4/c1-15-8-9-17(16(2)13-15)7-6-12-23-20(24)14-18-10-11-19(25-3)22(27-5)21(18)26-4/h8-11,13H,6-7,12,14H2,1-5H3,(H,23,24). The molecule has 0 saturated carbocycles. The second-order valence-electron chi connectivity index (χ2n) is 6.55. The summed E-state index contributed by atoms with van der Waals surface area (Å²) in [6.45, 7) is 4.87. The average molecular weight is 371 g/mol. The molecule has 1 N–H and O–H groups in total. The van der Waals surface area contributed by atoms with E-state index >= 15 is 0 Å². The lowest BCUT2D eigenvalue weighted by molar-refractivity contribution is -0.120. The smallest absolute Gasteiger partial charge is 0.224 e. The second-order valence-corrected chi connectivity index (χ2v) is 6.55. The van der Waals surface area contributed by atoms with Gasteiger partial charge < -0.3 is 19.5 Å². The molecule has 0 aliphatic heterocycles. The molecule has 2 rings (SSSR count). The third kappa shape index (κ3) is 5.39. The van der Waals surface area contributed by atoms with Crippen molar-refractivity contribution in [3.8, 4) is 17.2 Å². The molecule has 0 radical (unpaired) electrons. The summed E-state index contributed by atoms with van der Waals surface area (Å²) in [5, 5.41) is 2.98. The van der Waals surface area contributed by atoms with E-state index in [1.165, 1.54) is 16.7 Å². The van der Waals surface area contributed by atoms with E-state index in [1.54, 1.807) is 27.4 Å². The molecule has 2 aromatic rings. The van der Waals surface area contributed by atoms with Crippen molar-refractivity contribution in [3.63, 3.8) is 0 Å². The number of rotatable bonds is 9. The van der Waals surface area contributed by atoms with Gasteiger partial charge in [-0.2, -0.15) is 0 Å². The van der Waals surface area contributed by atoms with Gasteiger partial charge in [-0.1, -0.05) is 29.8 Å². The summed E-state index contributed by atoms with van der Waals surface area (Å²) in [5.41, 5.74) is 4.67. The Morgan fingerprint density at radius 2 is 1.63 bits per heavy atom. The summed E-state index contributed by atoms with van der Waals surface area (Å²) in [6, 6.07) is 10.1. The zero-order chi connectivity index (χ0) is 19.8. The van der Waals surface area contributed by atoms with Crippen LogP contribution in [0, 0.1) is 13.8 Å². The van der Waals surface area contributed by atoms with E-state index < -0.39 is 0 Å². The van der Waals surface area contributed by atoms with E-state index in [9.17, 15) is 4.79 Å². The zero-order valence-corrected chi connectivity index (χ0v) is 16.8. The van der Waals surface area contributed by atoms with Crippen molar-refractivity contribution in [2.75, 3.05) is 27.9 Å². The van der Waals surface area contributed by atoms with Gasteiger partial charge in [0.15, 0.2) is 11.5 Å². The van der Waals surface area contributed by atoms with Gasteiger partial charge in [-0.3, -0.25) is 4.79 Å². The van der Waals surface area contributed by atoms with E-state index in [4.69, 9.17) is 14.2 Å². The van der Waals surface area contributed by atoms with Crippen molar-refractivity contribution in [1.82, 2.24) is 5.32 Å². The van der Waals surface area contributed by atoms with Crippen LogP contribution in [0.2, 0.25) is 0 Å². The third-order valence-corrected chi connectivity index (χ3v) is 4.58. The lowest BCUT2D eigenvalue weighted by Crippen LogP contribution is -2.26. The van der Waals surface area contributed by atoms with Crippen molar-refractivity contribution in [1.29, 1.82) is 0 Å². The molecule has 0 aliphatic rings. The summed E-state index contributed by atoms with van der Waals surface area (Å²) < 4.78 is 16.1. The molecule has 0 bridgehead atoms. The maximum Gasteiger partial charge on any atom is 0.224 e. The first kappa shape index (κ1) is 20.6. The molecule has 27 heavy (non-hydrogen) atoms. The Labute approximate surface area is 161 Å². The molecule has 0 spiro atoms. The first-order chi connectivity index (χ1) is 13.0. The fraction of sp³-hybridized carbons (Fsp3) is 0.409. The fourth-order valence-corrected chi connectivity index (χ4v) is 3.17. The molecule has 0 heterocycles. The minimum Gasteiger partial charge on any atom is -0.493 e. The first-order valence-corrected chi connectivity index (χ1v) is 9.10. The van der Waals surface area contributed by atoms with Gasteiger partial charge in [-0.15, -0.1) is 0 Å². The van der Waals surface area contributed by atoms with Crippen LogP contribution in [0.25, 0.3) is 0 Å². The highest BCUT2D eigenvalue weighted by atomic mass is 16.5. The predicted molar refractivity (Wildman–Crippen MR) is 107 cm³/mol. The summed E-state index contributed by atoms with van der Waals surface area (Å²) in [6.07, 6.45) is 2.08. The van der Waals surface area contributed by atoms with Crippen molar-refractivity contribution in [2.45, 2.75) is 33.1 Å². The van der Waals surface area contributed by atoms with Crippen LogP contribution < -0.4 is 19.5 Å². The molecule has 0 saturated heterocycles. The summed E-state index contributed by atoms with van der Waals surface area (Å²) >= 11 is 0. The predicted octanol–water partition coefficient (Wildman–Crippen LogP) is 3.62. The Bertz CT molecular complexity index is 786. The van der Waals surface area contributed by atoms with E-state index in [2.05, 4.69) is 37.4 Å². The zero-order valence-electron chi connectivity index (χ0n) is 16.8. The van der Waals surface area contributed by atoms with Gasteiger partial charge >= 0.3 is 0 Å². The number of aryl methyl sites for hydroxylation is 3. The highest BCUT2D eigenvalue weighted by Crippen LogP contribution is 2.39. The number of carbonyl (C=O) groups is 1. The van der Waals surface area contributed by atoms with Crippen LogP contribution in [0.1, 0.15) is 28.7 Å². The first-order valence-electron chi connectivity index (χ1n) is 9.10. The second kappa shape index (κ2) is 9.86. The van der Waals surface area contributed by atoms with Gasteiger partial charge in [0.1, 0.15) is 0 Å². The highest BCUT2D eigenvalue weighted by Gasteiger charge is 2.17. The van der Waals surface area contributed by atoms with Crippen molar-refractivity contribution >= 4 is 5.91 Å². The molecule has 5 heteroatoms. The number of amides is 1. The molecule has 2 aromatic carbocycles. The van der Waals surface area contributed by atoms with Crippen LogP contribution >= 0.6 is 0 Å². The molecule has 0 fully saturated rings. The van der Waals surface area contributed by atoms with Crippen LogP contribution in [-0.4, -0.2) is 33.8 Å². The Balaban J connectivity index is 1.90. The number of hydrogen-bond acceptors (Lipinski definition) is 4. The molecule has 0 atom stereocenters. The van der Waals surface area contributed by atoms with Crippen LogP contribution in [-0.2, 0) is 17.6 Å². The minimum atomic E-state index is -0.0406. The largest absolute Gasteiger partial charge is 0.493 e. The summed E-state index contributed by atoms with van der Waals surface area (Å²) in [4.78, 5) is 12.3. The van der Waals surface area contributed by atoms with Crippen LogP contribution in [0.15, 0.2) is 30.3 Å². The van der Waals surface area contributed by atoms with E-state index in [0.717, 1.165) is 18.4 Å². The fourth-order valence-electron chi connectivity index (χ4n) is 3.17. The third-order valence-electron chi connectivity index (χ3n) is 4.58. The topological polar surface area (TPSA) is 56.8 Å². The molecule has 0 aromatic heterocycles. The maximum atomic E-state index is 12.3. The van der Waals surface area contributed by atoms with Gasteiger partial charge in [0.05, 0.1) is 27.8 Å². The monoisotopic (exact) mass is 371 g/mol.